The summed E-state index contributed by atoms with van der Waals surface area (Å²) in [4.78, 5) is 0. The fourth-order valence-electron chi connectivity index (χ4n) is 1.48. The van der Waals surface area contributed by atoms with Gasteiger partial charge in [-0.25, -0.2) is 0 Å². The van der Waals surface area contributed by atoms with Crippen LogP contribution in [0.15, 0.2) is 0 Å². The molecule has 0 saturated carbocycles. The van der Waals surface area contributed by atoms with Crippen molar-refractivity contribution >= 4 is 8.56 Å². The molecule has 0 heterocycles. The Labute approximate surface area is 118 Å². The predicted molar refractivity (Wildman–Crippen MR) is 82.5 cm³/mol. The highest BCUT2D eigenvalue weighted by Gasteiger charge is 2.23. The van der Waals surface area contributed by atoms with Crippen molar-refractivity contribution in [1.82, 2.24) is 10.6 Å². The monoisotopic (exact) mass is 292 g/mol. The van der Waals surface area contributed by atoms with E-state index in [2.05, 4.69) is 23.7 Å². The highest BCUT2D eigenvalue weighted by molar-refractivity contribution is 6.64. The van der Waals surface area contributed by atoms with E-state index >= 15 is 0 Å². The van der Waals surface area contributed by atoms with Crippen LogP contribution < -0.4 is 22.1 Å². The molecule has 0 aliphatic heterocycles. The number of hydrogen-bond acceptors (Lipinski definition) is 6. The topological polar surface area (TPSA) is 94.6 Å². The Morgan fingerprint density at radius 3 is 1.58 bits per heavy atom. The lowest BCUT2D eigenvalue weighted by Gasteiger charge is -2.23. The summed E-state index contributed by atoms with van der Waals surface area (Å²) in [5, 5.41) is 6.57. The third-order valence-electron chi connectivity index (χ3n) is 2.57. The van der Waals surface area contributed by atoms with Crippen molar-refractivity contribution in [3.8, 4) is 0 Å². The zero-order valence-corrected chi connectivity index (χ0v) is 13.5. The SMILES string of the molecule is C[Si](C)(OCCNCCCN)OCCNCCCN. The van der Waals surface area contributed by atoms with Gasteiger partial charge in [-0.1, -0.05) is 0 Å². The highest BCUT2D eigenvalue weighted by Crippen LogP contribution is 2.05. The molecule has 19 heavy (non-hydrogen) atoms. The molecule has 116 valence electrons. The largest absolute Gasteiger partial charge is 0.393 e. The molecule has 0 unspecified atom stereocenters. The van der Waals surface area contributed by atoms with Crippen molar-refractivity contribution in [1.29, 1.82) is 0 Å². The number of nitrogens with two attached hydrogens (primary N) is 2. The zero-order valence-electron chi connectivity index (χ0n) is 12.5. The van der Waals surface area contributed by atoms with Gasteiger partial charge < -0.3 is 31.0 Å². The van der Waals surface area contributed by atoms with Gasteiger partial charge in [0.05, 0.1) is 0 Å². The normalized spacial score (nSPS) is 12.0. The van der Waals surface area contributed by atoms with Gasteiger partial charge in [-0.2, -0.15) is 0 Å². The minimum absolute atomic E-state index is 0.699. The van der Waals surface area contributed by atoms with Gasteiger partial charge in [0.2, 0.25) is 0 Å². The minimum atomic E-state index is -1.97. The maximum atomic E-state index is 5.81. The van der Waals surface area contributed by atoms with Crippen LogP contribution in [0.25, 0.3) is 0 Å². The lowest BCUT2D eigenvalue weighted by molar-refractivity contribution is 0.180. The summed E-state index contributed by atoms with van der Waals surface area (Å²) in [6.45, 7) is 10.6. The average molecular weight is 292 g/mol. The van der Waals surface area contributed by atoms with Crippen molar-refractivity contribution in [3.05, 3.63) is 0 Å². The third kappa shape index (κ3) is 14.2. The second kappa shape index (κ2) is 13.0. The van der Waals surface area contributed by atoms with Crippen molar-refractivity contribution < 1.29 is 8.85 Å². The minimum Gasteiger partial charge on any atom is -0.393 e. The van der Waals surface area contributed by atoms with E-state index in [1.807, 2.05) is 0 Å². The Kier molecular flexibility index (Phi) is 13.0. The van der Waals surface area contributed by atoms with E-state index in [1.165, 1.54) is 0 Å². The first-order valence-corrected chi connectivity index (χ1v) is 10.0. The Balaban J connectivity index is 3.36. The molecule has 0 aliphatic rings. The van der Waals surface area contributed by atoms with Gasteiger partial charge in [-0.3, -0.25) is 0 Å². The first kappa shape index (κ1) is 19.0. The van der Waals surface area contributed by atoms with Gasteiger partial charge in [0.15, 0.2) is 0 Å². The molecule has 0 aromatic rings. The zero-order chi connectivity index (χ0) is 14.4. The van der Waals surface area contributed by atoms with Crippen LogP contribution in [0.4, 0.5) is 0 Å². The molecule has 0 spiro atoms. The molecule has 0 amide bonds. The maximum Gasteiger partial charge on any atom is 0.331 e. The van der Waals surface area contributed by atoms with Crippen LogP contribution in [0.1, 0.15) is 12.8 Å². The summed E-state index contributed by atoms with van der Waals surface area (Å²) < 4.78 is 11.6. The summed E-state index contributed by atoms with van der Waals surface area (Å²) in [5.74, 6) is 0. The number of hydrogen-bond donors (Lipinski definition) is 4. The number of rotatable bonds is 14. The Morgan fingerprint density at radius 1 is 0.789 bits per heavy atom. The van der Waals surface area contributed by atoms with E-state index in [9.17, 15) is 0 Å². The van der Waals surface area contributed by atoms with E-state index in [-0.39, 0.29) is 0 Å². The molecule has 0 aromatic carbocycles. The molecule has 0 rings (SSSR count). The van der Waals surface area contributed by atoms with Crippen LogP contribution in [0.2, 0.25) is 13.1 Å². The molecule has 0 aromatic heterocycles. The Morgan fingerprint density at radius 2 is 1.21 bits per heavy atom. The first-order valence-electron chi connectivity index (χ1n) is 7.22. The van der Waals surface area contributed by atoms with Gasteiger partial charge in [0, 0.05) is 26.3 Å². The molecule has 0 atom stereocenters. The molecule has 0 saturated heterocycles. The predicted octanol–water partition coefficient (Wildman–Crippen LogP) is -0.402. The van der Waals surface area contributed by atoms with Crippen LogP contribution >= 0.6 is 0 Å². The van der Waals surface area contributed by atoms with Gasteiger partial charge in [-0.15, -0.1) is 0 Å². The van der Waals surface area contributed by atoms with E-state index < -0.39 is 8.56 Å². The molecule has 6 nitrogen and oxygen atoms in total. The summed E-state index contributed by atoms with van der Waals surface area (Å²) in [6, 6.07) is 0. The van der Waals surface area contributed by atoms with Crippen molar-refractivity contribution in [2.45, 2.75) is 25.9 Å². The fourth-order valence-corrected chi connectivity index (χ4v) is 2.75. The summed E-state index contributed by atoms with van der Waals surface area (Å²) >= 11 is 0. The standard InChI is InChI=1S/C12H32N4O2Si/c1-19(2,17-11-9-15-7-3-5-13)18-12-10-16-8-4-6-14/h15-16H,3-14H2,1-2H3. The van der Waals surface area contributed by atoms with E-state index in [0.29, 0.717) is 13.2 Å². The van der Waals surface area contributed by atoms with Crippen LogP contribution in [0.5, 0.6) is 0 Å². The lowest BCUT2D eigenvalue weighted by Crippen LogP contribution is -2.39. The first-order chi connectivity index (χ1) is 9.12. The summed E-state index contributed by atoms with van der Waals surface area (Å²) in [5.41, 5.74) is 10.8. The summed E-state index contributed by atoms with van der Waals surface area (Å²) in [7, 11) is -1.97. The quantitative estimate of drug-likeness (QED) is 0.257. The third-order valence-corrected chi connectivity index (χ3v) is 4.37. The fraction of sp³-hybridized carbons (Fsp3) is 1.00. The van der Waals surface area contributed by atoms with Gasteiger partial charge in [-0.05, 0) is 52.1 Å². The van der Waals surface area contributed by atoms with E-state index in [0.717, 1.165) is 52.1 Å². The van der Waals surface area contributed by atoms with E-state index in [4.69, 9.17) is 20.3 Å². The van der Waals surface area contributed by atoms with Gasteiger partial charge in [0.25, 0.3) is 0 Å². The van der Waals surface area contributed by atoms with Crippen LogP contribution in [-0.2, 0) is 8.85 Å². The van der Waals surface area contributed by atoms with Crippen LogP contribution in [-0.4, -0.2) is 61.0 Å². The second-order valence-electron chi connectivity index (χ2n) is 4.88. The van der Waals surface area contributed by atoms with Crippen molar-refractivity contribution in [2.24, 2.45) is 11.5 Å². The molecule has 6 N–H and O–H groups in total. The van der Waals surface area contributed by atoms with Gasteiger partial charge in [0.1, 0.15) is 0 Å². The Bertz CT molecular complexity index is 179. The highest BCUT2D eigenvalue weighted by atomic mass is 28.4. The van der Waals surface area contributed by atoms with Crippen molar-refractivity contribution in [3.63, 3.8) is 0 Å². The van der Waals surface area contributed by atoms with Gasteiger partial charge >= 0.3 is 8.56 Å². The second-order valence-corrected chi connectivity index (χ2v) is 8.26. The molecule has 0 fully saturated rings. The maximum absolute atomic E-state index is 5.81. The molecule has 0 bridgehead atoms. The van der Waals surface area contributed by atoms with Crippen LogP contribution in [0.3, 0.4) is 0 Å². The lowest BCUT2D eigenvalue weighted by atomic mass is 10.4. The molecule has 7 heteroatoms. The smallest absolute Gasteiger partial charge is 0.331 e. The molecular weight excluding hydrogens is 260 g/mol. The molecular formula is C12H32N4O2Si. The van der Waals surface area contributed by atoms with Crippen LogP contribution in [0, 0.1) is 0 Å². The summed E-state index contributed by atoms with van der Waals surface area (Å²) in [6.07, 6.45) is 2.01. The Hall–Kier alpha value is -0.0231. The van der Waals surface area contributed by atoms with Crippen molar-refractivity contribution in [2.75, 3.05) is 52.5 Å². The molecule has 0 radical (unpaired) electrons. The molecule has 0 aliphatic carbocycles. The number of nitrogens with one attached hydrogen (secondary N) is 2. The van der Waals surface area contributed by atoms with E-state index in [1.54, 1.807) is 0 Å². The average Bonchev–Trinajstić information content (AvgIpc) is 2.38.